The van der Waals surface area contributed by atoms with E-state index in [1.54, 1.807) is 17.4 Å². The van der Waals surface area contributed by atoms with Crippen molar-refractivity contribution in [3.8, 4) is 0 Å². The monoisotopic (exact) mass is 279 g/mol. The average Bonchev–Trinajstić information content (AvgIpc) is 2.73. The number of thiazole rings is 1. The van der Waals surface area contributed by atoms with Gasteiger partial charge in [-0.3, -0.25) is 0 Å². The largest absolute Gasteiger partial charge is 0.381 e. The fourth-order valence-corrected chi connectivity index (χ4v) is 2.42. The first-order valence-electron chi connectivity index (χ1n) is 6.26. The Kier molecular flexibility index (Phi) is 4.37. The predicted molar refractivity (Wildman–Crippen MR) is 79.3 cm³/mol. The molecule has 1 aromatic heterocycles. The molecular formula is C14H18FN3S. The van der Waals surface area contributed by atoms with Gasteiger partial charge in [0.05, 0.1) is 28.6 Å². The van der Waals surface area contributed by atoms with Gasteiger partial charge in [0, 0.05) is 11.4 Å². The third kappa shape index (κ3) is 3.67. The number of benzene rings is 1. The maximum Gasteiger partial charge on any atom is 0.148 e. The Balaban J connectivity index is 2.14. The van der Waals surface area contributed by atoms with E-state index in [4.69, 9.17) is 0 Å². The van der Waals surface area contributed by atoms with Crippen LogP contribution in [0.4, 0.5) is 15.8 Å². The lowest BCUT2D eigenvalue weighted by molar-refractivity contribution is 0.630. The van der Waals surface area contributed by atoms with Crippen LogP contribution in [0.15, 0.2) is 23.6 Å². The Morgan fingerprint density at radius 3 is 2.79 bits per heavy atom. The van der Waals surface area contributed by atoms with Gasteiger partial charge in [-0.15, -0.1) is 11.3 Å². The first-order valence-corrected chi connectivity index (χ1v) is 7.14. The highest BCUT2D eigenvalue weighted by Gasteiger charge is 2.09. The third-order valence-electron chi connectivity index (χ3n) is 2.57. The molecule has 0 aliphatic rings. The van der Waals surface area contributed by atoms with E-state index in [0.29, 0.717) is 12.2 Å². The number of nitrogens with zero attached hydrogens (tertiary/aromatic N) is 1. The predicted octanol–water partition coefficient (Wildman–Crippen LogP) is 4.02. The second-order valence-electron chi connectivity index (χ2n) is 4.67. The van der Waals surface area contributed by atoms with Crippen molar-refractivity contribution in [1.29, 1.82) is 0 Å². The van der Waals surface area contributed by atoms with Gasteiger partial charge in [-0.1, -0.05) is 6.07 Å². The maximum absolute atomic E-state index is 13.9. The van der Waals surface area contributed by atoms with Gasteiger partial charge in [0.1, 0.15) is 5.82 Å². The van der Waals surface area contributed by atoms with E-state index in [1.165, 1.54) is 6.07 Å². The van der Waals surface area contributed by atoms with Crippen molar-refractivity contribution in [2.24, 2.45) is 0 Å². The van der Waals surface area contributed by atoms with Gasteiger partial charge in [0.15, 0.2) is 0 Å². The molecule has 5 heteroatoms. The molecular weight excluding hydrogens is 261 g/mol. The molecule has 0 radical (unpaired) electrons. The van der Waals surface area contributed by atoms with Crippen LogP contribution < -0.4 is 10.6 Å². The number of halogens is 1. The quantitative estimate of drug-likeness (QED) is 0.868. The number of hydrogen-bond donors (Lipinski definition) is 2. The lowest BCUT2D eigenvalue weighted by Crippen LogP contribution is -2.13. The molecule has 19 heavy (non-hydrogen) atoms. The van der Waals surface area contributed by atoms with E-state index in [0.717, 1.165) is 16.4 Å². The minimum atomic E-state index is -0.252. The third-order valence-corrected chi connectivity index (χ3v) is 3.39. The summed E-state index contributed by atoms with van der Waals surface area (Å²) in [6, 6.07) is 5.29. The highest BCUT2D eigenvalue weighted by molar-refractivity contribution is 7.09. The van der Waals surface area contributed by atoms with E-state index < -0.39 is 0 Å². The van der Waals surface area contributed by atoms with Gasteiger partial charge in [-0.05, 0) is 32.9 Å². The van der Waals surface area contributed by atoms with E-state index in [-0.39, 0.29) is 11.9 Å². The normalized spacial score (nSPS) is 10.8. The van der Waals surface area contributed by atoms with Gasteiger partial charge in [0.25, 0.3) is 0 Å². The number of hydrogen-bond acceptors (Lipinski definition) is 4. The minimum Gasteiger partial charge on any atom is -0.381 e. The van der Waals surface area contributed by atoms with Crippen molar-refractivity contribution in [3.05, 3.63) is 40.1 Å². The van der Waals surface area contributed by atoms with Crippen LogP contribution in [0, 0.1) is 12.7 Å². The number of anilines is 2. The number of para-hydroxylation sites is 1. The number of aryl methyl sites for hydroxylation is 1. The molecule has 1 aromatic carbocycles. The Hall–Kier alpha value is -1.62. The fraction of sp³-hybridized carbons (Fsp3) is 0.357. The molecule has 0 amide bonds. The molecule has 1 heterocycles. The van der Waals surface area contributed by atoms with Crippen LogP contribution in [0.1, 0.15) is 24.5 Å². The molecule has 0 fully saturated rings. The molecule has 0 aliphatic heterocycles. The number of nitrogens with one attached hydrogen (secondary N) is 2. The summed E-state index contributed by atoms with van der Waals surface area (Å²) in [5.41, 5.74) is 2.21. The van der Waals surface area contributed by atoms with Crippen molar-refractivity contribution in [2.75, 3.05) is 10.6 Å². The summed E-state index contributed by atoms with van der Waals surface area (Å²) in [6.45, 7) is 6.54. The smallest absolute Gasteiger partial charge is 0.148 e. The van der Waals surface area contributed by atoms with Gasteiger partial charge < -0.3 is 10.6 Å². The zero-order chi connectivity index (χ0) is 13.8. The van der Waals surface area contributed by atoms with Gasteiger partial charge in [-0.2, -0.15) is 0 Å². The summed E-state index contributed by atoms with van der Waals surface area (Å²) in [5, 5.41) is 9.36. The molecule has 0 unspecified atom stereocenters. The lowest BCUT2D eigenvalue weighted by atomic mass is 10.2. The van der Waals surface area contributed by atoms with Crippen LogP contribution in [-0.4, -0.2) is 11.0 Å². The van der Waals surface area contributed by atoms with Crippen molar-refractivity contribution < 1.29 is 4.39 Å². The molecule has 102 valence electrons. The van der Waals surface area contributed by atoms with Gasteiger partial charge in [0.2, 0.25) is 0 Å². The zero-order valence-electron chi connectivity index (χ0n) is 11.3. The molecule has 0 aliphatic carbocycles. The second-order valence-corrected chi connectivity index (χ2v) is 5.74. The van der Waals surface area contributed by atoms with Crippen LogP contribution >= 0.6 is 11.3 Å². The van der Waals surface area contributed by atoms with E-state index in [2.05, 4.69) is 15.6 Å². The van der Waals surface area contributed by atoms with Crippen LogP contribution in [0.3, 0.4) is 0 Å². The Morgan fingerprint density at radius 1 is 1.37 bits per heavy atom. The topological polar surface area (TPSA) is 37.0 Å². The molecule has 2 N–H and O–H groups in total. The van der Waals surface area contributed by atoms with Gasteiger partial charge >= 0.3 is 0 Å². The highest BCUT2D eigenvalue weighted by atomic mass is 32.1. The minimum absolute atomic E-state index is 0.252. The molecule has 3 nitrogen and oxygen atoms in total. The summed E-state index contributed by atoms with van der Waals surface area (Å²) in [6.07, 6.45) is 0. The summed E-state index contributed by atoms with van der Waals surface area (Å²) in [5.74, 6) is -0.252. The van der Waals surface area contributed by atoms with Crippen LogP contribution in [-0.2, 0) is 6.54 Å². The molecule has 0 saturated carbocycles. The molecule has 2 aromatic rings. The number of aromatic nitrogens is 1. The Labute approximate surface area is 116 Å². The first-order chi connectivity index (χ1) is 9.06. The SMILES string of the molecule is Cc1nc(CNc2c(F)cccc2NC(C)C)cs1. The molecule has 0 bridgehead atoms. The Bertz CT molecular complexity index is 551. The standard InChI is InChI=1S/C14H18FN3S/c1-9(2)17-13-6-4-5-12(15)14(13)16-7-11-8-19-10(3)18-11/h4-6,8-9,16-17H,7H2,1-3H3. The maximum atomic E-state index is 13.9. The zero-order valence-corrected chi connectivity index (χ0v) is 12.1. The van der Waals surface area contributed by atoms with E-state index in [9.17, 15) is 4.39 Å². The van der Waals surface area contributed by atoms with Crippen molar-refractivity contribution in [3.63, 3.8) is 0 Å². The van der Waals surface area contributed by atoms with Crippen LogP contribution in [0.25, 0.3) is 0 Å². The molecule has 2 rings (SSSR count). The molecule has 0 saturated heterocycles. The van der Waals surface area contributed by atoms with Crippen molar-refractivity contribution in [2.45, 2.75) is 33.4 Å². The highest BCUT2D eigenvalue weighted by Crippen LogP contribution is 2.26. The number of rotatable bonds is 5. The Morgan fingerprint density at radius 2 is 2.16 bits per heavy atom. The second kappa shape index (κ2) is 6.02. The summed E-state index contributed by atoms with van der Waals surface area (Å²) in [4.78, 5) is 4.36. The first kappa shape index (κ1) is 13.8. The summed E-state index contributed by atoms with van der Waals surface area (Å²) < 4.78 is 13.9. The summed E-state index contributed by atoms with van der Waals surface area (Å²) in [7, 11) is 0. The van der Waals surface area contributed by atoms with Crippen molar-refractivity contribution >= 4 is 22.7 Å². The lowest BCUT2D eigenvalue weighted by Gasteiger charge is -2.16. The van der Waals surface area contributed by atoms with Gasteiger partial charge in [-0.25, -0.2) is 9.37 Å². The molecule has 0 spiro atoms. The molecule has 0 atom stereocenters. The van der Waals surface area contributed by atoms with E-state index >= 15 is 0 Å². The van der Waals surface area contributed by atoms with Crippen LogP contribution in [0.2, 0.25) is 0 Å². The average molecular weight is 279 g/mol. The summed E-state index contributed by atoms with van der Waals surface area (Å²) >= 11 is 1.60. The van der Waals surface area contributed by atoms with Crippen LogP contribution in [0.5, 0.6) is 0 Å². The van der Waals surface area contributed by atoms with E-state index in [1.807, 2.05) is 32.2 Å². The van der Waals surface area contributed by atoms with Crippen molar-refractivity contribution in [1.82, 2.24) is 4.98 Å². The fourth-order valence-electron chi connectivity index (χ4n) is 1.80.